The summed E-state index contributed by atoms with van der Waals surface area (Å²) in [6.07, 6.45) is 3.21. The SMILES string of the molecule is CN(C)C(=O)c1ccc(-c2nnc(C3=CCCNC3)s2)cc1Cl.Cl. The maximum Gasteiger partial charge on any atom is 0.254 e. The molecule has 1 aromatic heterocycles. The van der Waals surface area contributed by atoms with Crippen LogP contribution in [-0.2, 0) is 0 Å². The summed E-state index contributed by atoms with van der Waals surface area (Å²) in [7, 11) is 3.41. The van der Waals surface area contributed by atoms with Gasteiger partial charge in [-0.15, -0.1) is 22.6 Å². The van der Waals surface area contributed by atoms with E-state index in [1.165, 1.54) is 21.8 Å². The van der Waals surface area contributed by atoms with Crippen LogP contribution in [0.25, 0.3) is 16.1 Å². The Balaban J connectivity index is 0.00000208. The lowest BCUT2D eigenvalue weighted by Crippen LogP contribution is -2.21. The van der Waals surface area contributed by atoms with Crippen LogP contribution in [0.5, 0.6) is 0 Å². The molecule has 0 aliphatic carbocycles. The molecule has 0 saturated heterocycles. The Labute approximate surface area is 156 Å². The average Bonchev–Trinajstić information content (AvgIpc) is 3.05. The number of nitrogens with zero attached hydrogens (tertiary/aromatic N) is 3. The fraction of sp³-hybridized carbons (Fsp3) is 0.312. The normalized spacial score (nSPS) is 13.9. The first-order chi connectivity index (χ1) is 11.1. The van der Waals surface area contributed by atoms with E-state index in [1.807, 2.05) is 6.07 Å². The van der Waals surface area contributed by atoms with Crippen molar-refractivity contribution in [3.63, 3.8) is 0 Å². The zero-order valence-corrected chi connectivity index (χ0v) is 15.8. The molecule has 24 heavy (non-hydrogen) atoms. The number of hydrogen-bond acceptors (Lipinski definition) is 5. The molecule has 1 aliphatic rings. The summed E-state index contributed by atoms with van der Waals surface area (Å²) in [5.41, 5.74) is 2.55. The summed E-state index contributed by atoms with van der Waals surface area (Å²) in [4.78, 5) is 13.5. The number of aromatic nitrogens is 2. The third-order valence-corrected chi connectivity index (χ3v) is 4.94. The van der Waals surface area contributed by atoms with Gasteiger partial charge in [0.05, 0.1) is 10.6 Å². The maximum atomic E-state index is 12.0. The lowest BCUT2D eigenvalue weighted by Gasteiger charge is -2.12. The van der Waals surface area contributed by atoms with E-state index in [0.29, 0.717) is 10.6 Å². The minimum atomic E-state index is -0.113. The maximum absolute atomic E-state index is 12.0. The van der Waals surface area contributed by atoms with Gasteiger partial charge in [0.25, 0.3) is 5.91 Å². The van der Waals surface area contributed by atoms with Crippen LogP contribution in [-0.4, -0.2) is 48.2 Å². The van der Waals surface area contributed by atoms with Gasteiger partial charge in [0.15, 0.2) is 0 Å². The number of amides is 1. The predicted octanol–water partition coefficient (Wildman–Crippen LogP) is 3.36. The fourth-order valence-corrected chi connectivity index (χ4v) is 3.48. The van der Waals surface area contributed by atoms with Crippen LogP contribution in [0.1, 0.15) is 21.8 Å². The van der Waals surface area contributed by atoms with Crippen LogP contribution in [0, 0.1) is 0 Å². The number of hydrogen-bond donors (Lipinski definition) is 1. The van der Waals surface area contributed by atoms with Gasteiger partial charge in [-0.2, -0.15) is 0 Å². The molecule has 8 heteroatoms. The van der Waals surface area contributed by atoms with E-state index in [9.17, 15) is 4.79 Å². The van der Waals surface area contributed by atoms with Gasteiger partial charge in [0.2, 0.25) is 0 Å². The Hall–Kier alpha value is -1.47. The molecule has 1 N–H and O–H groups in total. The molecule has 0 spiro atoms. The van der Waals surface area contributed by atoms with Crippen LogP contribution >= 0.6 is 35.3 Å². The average molecular weight is 385 g/mol. The monoisotopic (exact) mass is 384 g/mol. The quantitative estimate of drug-likeness (QED) is 0.880. The van der Waals surface area contributed by atoms with Crippen molar-refractivity contribution in [1.29, 1.82) is 0 Å². The number of halogens is 2. The standard InChI is InChI=1S/C16H17ClN4OS.ClH/c1-21(2)16(22)12-6-5-10(8-13(12)17)14-19-20-15(23-14)11-4-3-7-18-9-11;/h4-6,8,18H,3,7,9H2,1-2H3;1H. The first-order valence-corrected chi connectivity index (χ1v) is 8.51. The highest BCUT2D eigenvalue weighted by Gasteiger charge is 2.16. The summed E-state index contributed by atoms with van der Waals surface area (Å²) >= 11 is 7.80. The fourth-order valence-electron chi connectivity index (χ4n) is 2.34. The van der Waals surface area contributed by atoms with Gasteiger partial charge in [-0.25, -0.2) is 0 Å². The molecule has 0 atom stereocenters. The molecule has 1 aromatic carbocycles. The van der Waals surface area contributed by atoms with E-state index in [4.69, 9.17) is 11.6 Å². The molecule has 5 nitrogen and oxygen atoms in total. The second-order valence-electron chi connectivity index (χ2n) is 5.50. The van der Waals surface area contributed by atoms with Crippen LogP contribution < -0.4 is 5.32 Å². The van der Waals surface area contributed by atoms with Crippen molar-refractivity contribution in [2.75, 3.05) is 27.2 Å². The van der Waals surface area contributed by atoms with E-state index in [1.54, 1.807) is 26.2 Å². The van der Waals surface area contributed by atoms with Crippen LogP contribution in [0.15, 0.2) is 24.3 Å². The molecule has 0 unspecified atom stereocenters. The largest absolute Gasteiger partial charge is 0.345 e. The molecule has 0 saturated carbocycles. The molecular weight excluding hydrogens is 367 g/mol. The Morgan fingerprint density at radius 2 is 2.04 bits per heavy atom. The van der Waals surface area contributed by atoms with Crippen LogP contribution in [0.2, 0.25) is 5.02 Å². The summed E-state index contributed by atoms with van der Waals surface area (Å²) in [5, 5.41) is 14.0. The molecule has 3 rings (SSSR count). The summed E-state index contributed by atoms with van der Waals surface area (Å²) in [6, 6.07) is 5.37. The highest BCUT2D eigenvalue weighted by molar-refractivity contribution is 7.15. The second-order valence-corrected chi connectivity index (χ2v) is 6.89. The van der Waals surface area contributed by atoms with Gasteiger partial charge in [-0.05, 0) is 30.7 Å². The number of carbonyl (C=O) groups is 1. The van der Waals surface area contributed by atoms with Crippen molar-refractivity contribution in [3.05, 3.63) is 39.9 Å². The van der Waals surface area contributed by atoms with Crippen molar-refractivity contribution in [2.24, 2.45) is 0 Å². The summed E-state index contributed by atoms with van der Waals surface area (Å²) in [6.45, 7) is 1.83. The second kappa shape index (κ2) is 8.07. The third kappa shape index (κ3) is 3.95. The highest BCUT2D eigenvalue weighted by Crippen LogP contribution is 2.31. The molecular formula is C16H18Cl2N4OS. The number of nitrogens with one attached hydrogen (secondary N) is 1. The lowest BCUT2D eigenvalue weighted by molar-refractivity contribution is 0.0828. The number of benzene rings is 1. The minimum Gasteiger partial charge on any atom is -0.345 e. The Morgan fingerprint density at radius 3 is 2.67 bits per heavy atom. The third-order valence-electron chi connectivity index (χ3n) is 3.58. The molecule has 1 aliphatic heterocycles. The van der Waals surface area contributed by atoms with Crippen molar-refractivity contribution in [1.82, 2.24) is 20.4 Å². The Morgan fingerprint density at radius 1 is 1.29 bits per heavy atom. The number of rotatable bonds is 3. The van der Waals surface area contributed by atoms with Gasteiger partial charge in [-0.3, -0.25) is 4.79 Å². The smallest absolute Gasteiger partial charge is 0.254 e. The van der Waals surface area contributed by atoms with Crippen LogP contribution in [0.3, 0.4) is 0 Å². The van der Waals surface area contributed by atoms with Gasteiger partial charge in [0.1, 0.15) is 10.0 Å². The van der Waals surface area contributed by atoms with Gasteiger partial charge in [-0.1, -0.05) is 35.1 Å². The zero-order valence-electron chi connectivity index (χ0n) is 13.4. The molecule has 0 radical (unpaired) electrons. The van der Waals surface area contributed by atoms with Gasteiger partial charge >= 0.3 is 0 Å². The summed E-state index contributed by atoms with van der Waals surface area (Å²) < 4.78 is 0. The number of carbonyl (C=O) groups excluding carboxylic acids is 1. The van der Waals surface area contributed by atoms with Crippen molar-refractivity contribution in [3.8, 4) is 10.6 Å². The zero-order chi connectivity index (χ0) is 16.4. The first-order valence-electron chi connectivity index (χ1n) is 7.31. The topological polar surface area (TPSA) is 58.1 Å². The van der Waals surface area contributed by atoms with E-state index in [-0.39, 0.29) is 18.3 Å². The lowest BCUT2D eigenvalue weighted by atomic mass is 10.1. The predicted molar refractivity (Wildman–Crippen MR) is 101 cm³/mol. The van der Waals surface area contributed by atoms with E-state index in [0.717, 1.165) is 35.1 Å². The molecule has 2 heterocycles. The van der Waals surface area contributed by atoms with E-state index >= 15 is 0 Å². The Bertz CT molecular complexity index is 773. The molecule has 2 aromatic rings. The molecule has 128 valence electrons. The van der Waals surface area contributed by atoms with E-state index in [2.05, 4.69) is 21.6 Å². The molecule has 0 fully saturated rings. The molecule has 0 bridgehead atoms. The van der Waals surface area contributed by atoms with Crippen molar-refractivity contribution < 1.29 is 4.79 Å². The summed E-state index contributed by atoms with van der Waals surface area (Å²) in [5.74, 6) is -0.113. The van der Waals surface area contributed by atoms with Crippen molar-refractivity contribution >= 4 is 46.8 Å². The van der Waals surface area contributed by atoms with Crippen LogP contribution in [0.4, 0.5) is 0 Å². The Kier molecular flexibility index (Phi) is 6.34. The van der Waals surface area contributed by atoms with Gasteiger partial charge in [0, 0.05) is 26.2 Å². The first kappa shape index (κ1) is 18.9. The van der Waals surface area contributed by atoms with Gasteiger partial charge < -0.3 is 10.2 Å². The van der Waals surface area contributed by atoms with Crippen molar-refractivity contribution in [2.45, 2.75) is 6.42 Å². The highest BCUT2D eigenvalue weighted by atomic mass is 35.5. The minimum absolute atomic E-state index is 0. The molecule has 1 amide bonds. The van der Waals surface area contributed by atoms with E-state index < -0.39 is 0 Å².